The fourth-order valence-electron chi connectivity index (χ4n) is 1.79. The predicted molar refractivity (Wildman–Crippen MR) is 72.2 cm³/mol. The van der Waals surface area contributed by atoms with Gasteiger partial charge in [-0.2, -0.15) is 4.98 Å². The van der Waals surface area contributed by atoms with Crippen molar-refractivity contribution in [1.29, 1.82) is 0 Å². The lowest BCUT2D eigenvalue weighted by Gasteiger charge is -2.11. The van der Waals surface area contributed by atoms with Gasteiger partial charge in [-0.15, -0.1) is 0 Å². The van der Waals surface area contributed by atoms with Crippen LogP contribution in [0.4, 0.5) is 0 Å². The van der Waals surface area contributed by atoms with Crippen molar-refractivity contribution in [3.63, 3.8) is 0 Å². The zero-order valence-corrected chi connectivity index (χ0v) is 11.6. The zero-order valence-electron chi connectivity index (χ0n) is 11.6. The summed E-state index contributed by atoms with van der Waals surface area (Å²) in [6.07, 6.45) is 2.20. The summed E-state index contributed by atoms with van der Waals surface area (Å²) in [5, 5.41) is 12.5. The molecule has 0 spiro atoms. The van der Waals surface area contributed by atoms with E-state index >= 15 is 0 Å². The lowest BCUT2D eigenvalue weighted by atomic mass is 10.3. The number of rotatable bonds is 7. The molecule has 108 valence electrons. The van der Waals surface area contributed by atoms with Crippen LogP contribution in [0.2, 0.25) is 0 Å². The molecule has 2 rings (SSSR count). The van der Waals surface area contributed by atoms with Crippen molar-refractivity contribution in [2.24, 2.45) is 0 Å². The van der Waals surface area contributed by atoms with Crippen LogP contribution in [0.25, 0.3) is 11.5 Å². The third-order valence-corrected chi connectivity index (χ3v) is 2.87. The van der Waals surface area contributed by atoms with Crippen molar-refractivity contribution in [2.45, 2.75) is 19.4 Å². The number of hydrogen-bond acceptors (Lipinski definition) is 5. The highest BCUT2D eigenvalue weighted by Crippen LogP contribution is 2.17. The van der Waals surface area contributed by atoms with Gasteiger partial charge in [0.05, 0.1) is 12.1 Å². The lowest BCUT2D eigenvalue weighted by Crippen LogP contribution is -2.18. The van der Waals surface area contributed by atoms with E-state index in [-0.39, 0.29) is 12.8 Å². The van der Waals surface area contributed by atoms with Crippen LogP contribution in [-0.4, -0.2) is 51.3 Å². The molecule has 7 heteroatoms. The molecule has 0 aliphatic heterocycles. The van der Waals surface area contributed by atoms with E-state index in [0.717, 1.165) is 18.8 Å². The minimum Gasteiger partial charge on any atom is -0.481 e. The van der Waals surface area contributed by atoms with Gasteiger partial charge in [0.15, 0.2) is 0 Å². The Morgan fingerprint density at radius 3 is 3.00 bits per heavy atom. The van der Waals surface area contributed by atoms with Crippen LogP contribution in [0.5, 0.6) is 0 Å². The van der Waals surface area contributed by atoms with Crippen molar-refractivity contribution in [1.82, 2.24) is 19.6 Å². The molecule has 0 radical (unpaired) electrons. The molecule has 0 fully saturated rings. The second-order valence-electron chi connectivity index (χ2n) is 4.80. The summed E-state index contributed by atoms with van der Waals surface area (Å²) in [5.41, 5.74) is 0.872. The fraction of sp³-hybridized carbons (Fsp3) is 0.462. The minimum atomic E-state index is -0.876. The van der Waals surface area contributed by atoms with Gasteiger partial charge in [-0.05, 0) is 26.2 Å². The van der Waals surface area contributed by atoms with Crippen LogP contribution in [-0.2, 0) is 17.8 Å². The molecule has 0 saturated carbocycles. The third-order valence-electron chi connectivity index (χ3n) is 2.87. The molecule has 7 nitrogen and oxygen atoms in total. The summed E-state index contributed by atoms with van der Waals surface area (Å²) >= 11 is 0. The maximum absolute atomic E-state index is 10.5. The molecule has 2 heterocycles. The summed E-state index contributed by atoms with van der Waals surface area (Å²) in [4.78, 5) is 16.8. The number of aliphatic carboxylic acids is 1. The number of hydrogen-bond donors (Lipinski definition) is 1. The molecule has 0 unspecified atom stereocenters. The van der Waals surface area contributed by atoms with Gasteiger partial charge in [0.25, 0.3) is 0 Å². The van der Waals surface area contributed by atoms with Crippen LogP contribution in [0, 0.1) is 0 Å². The molecule has 0 aliphatic rings. The van der Waals surface area contributed by atoms with Gasteiger partial charge in [0.2, 0.25) is 11.7 Å². The van der Waals surface area contributed by atoms with E-state index in [1.165, 1.54) is 0 Å². The Morgan fingerprint density at radius 2 is 2.30 bits per heavy atom. The average molecular weight is 278 g/mol. The predicted octanol–water partition coefficient (Wildman–Crippen LogP) is 1.12. The topological polar surface area (TPSA) is 84.4 Å². The van der Waals surface area contributed by atoms with Crippen LogP contribution < -0.4 is 0 Å². The summed E-state index contributed by atoms with van der Waals surface area (Å²) in [6, 6.07) is 3.85. The molecule has 0 aliphatic carbocycles. The SMILES string of the molecule is CN(C)CCn1cccc1-c1noc(CCC(=O)O)n1. The minimum absolute atomic E-state index is 0.0106. The molecular weight excluding hydrogens is 260 g/mol. The van der Waals surface area contributed by atoms with Gasteiger partial charge in [0.1, 0.15) is 0 Å². The van der Waals surface area contributed by atoms with Gasteiger partial charge in [-0.1, -0.05) is 5.16 Å². The number of carboxylic acids is 1. The molecule has 0 atom stereocenters. The molecule has 20 heavy (non-hydrogen) atoms. The smallest absolute Gasteiger partial charge is 0.303 e. The van der Waals surface area contributed by atoms with Gasteiger partial charge >= 0.3 is 5.97 Å². The Bertz CT molecular complexity index is 574. The van der Waals surface area contributed by atoms with Gasteiger partial charge in [0, 0.05) is 25.7 Å². The second kappa shape index (κ2) is 6.33. The first-order chi connectivity index (χ1) is 9.56. The second-order valence-corrected chi connectivity index (χ2v) is 4.80. The molecule has 0 amide bonds. The van der Waals surface area contributed by atoms with Gasteiger partial charge in [-0.3, -0.25) is 4.79 Å². The van der Waals surface area contributed by atoms with Crippen LogP contribution in [0.1, 0.15) is 12.3 Å². The number of carboxylic acid groups (broad SMARTS) is 1. The van der Waals surface area contributed by atoms with E-state index in [1.807, 2.05) is 37.0 Å². The molecule has 2 aromatic heterocycles. The number of aromatic nitrogens is 3. The molecule has 0 aromatic carbocycles. The monoisotopic (exact) mass is 278 g/mol. The van der Waals surface area contributed by atoms with E-state index in [1.54, 1.807) is 0 Å². The van der Waals surface area contributed by atoms with Gasteiger partial charge < -0.3 is 19.1 Å². The maximum atomic E-state index is 10.5. The highest BCUT2D eigenvalue weighted by molar-refractivity contribution is 5.66. The van der Waals surface area contributed by atoms with Crippen molar-refractivity contribution in [3.05, 3.63) is 24.2 Å². The Morgan fingerprint density at radius 1 is 1.50 bits per heavy atom. The van der Waals surface area contributed by atoms with Crippen LogP contribution in [0.3, 0.4) is 0 Å². The Kier molecular flexibility index (Phi) is 4.52. The highest BCUT2D eigenvalue weighted by atomic mass is 16.5. The first-order valence-corrected chi connectivity index (χ1v) is 6.41. The van der Waals surface area contributed by atoms with Crippen molar-refractivity contribution in [2.75, 3.05) is 20.6 Å². The Balaban J connectivity index is 2.08. The number of carbonyl (C=O) groups is 1. The molecule has 0 bridgehead atoms. The maximum Gasteiger partial charge on any atom is 0.303 e. The standard InChI is InChI=1S/C13H18N4O3/c1-16(2)8-9-17-7-3-4-10(17)13-14-11(20-15-13)5-6-12(18)19/h3-4,7H,5-6,8-9H2,1-2H3,(H,18,19). The molecular formula is C13H18N4O3. The molecule has 1 N–H and O–H groups in total. The van der Waals surface area contributed by atoms with E-state index in [4.69, 9.17) is 9.63 Å². The number of nitrogens with zero attached hydrogens (tertiary/aromatic N) is 4. The third kappa shape index (κ3) is 3.67. The summed E-state index contributed by atoms with van der Waals surface area (Å²) in [5.74, 6) is -0.0315. The Labute approximate surface area is 116 Å². The molecule has 2 aromatic rings. The number of aryl methyl sites for hydroxylation is 1. The van der Waals surface area contributed by atoms with Crippen molar-refractivity contribution >= 4 is 5.97 Å². The normalized spacial score (nSPS) is 11.2. The highest BCUT2D eigenvalue weighted by Gasteiger charge is 2.13. The van der Waals surface area contributed by atoms with E-state index in [9.17, 15) is 4.79 Å². The van der Waals surface area contributed by atoms with Crippen LogP contribution in [0.15, 0.2) is 22.9 Å². The average Bonchev–Trinajstić information content (AvgIpc) is 3.02. The zero-order chi connectivity index (χ0) is 14.5. The molecule has 0 saturated heterocycles. The summed E-state index contributed by atoms with van der Waals surface area (Å²) < 4.78 is 7.12. The summed E-state index contributed by atoms with van der Waals surface area (Å²) in [6.45, 7) is 1.74. The van der Waals surface area contributed by atoms with Crippen LogP contribution >= 0.6 is 0 Å². The fourth-order valence-corrected chi connectivity index (χ4v) is 1.79. The van der Waals surface area contributed by atoms with Crippen molar-refractivity contribution < 1.29 is 14.4 Å². The van der Waals surface area contributed by atoms with E-state index in [2.05, 4.69) is 15.0 Å². The lowest BCUT2D eigenvalue weighted by molar-refractivity contribution is -0.137. The number of likely N-dealkylation sites (N-methyl/N-ethyl adjacent to an activating group) is 1. The quantitative estimate of drug-likeness (QED) is 0.817. The first-order valence-electron chi connectivity index (χ1n) is 6.41. The first kappa shape index (κ1) is 14.3. The largest absolute Gasteiger partial charge is 0.481 e. The van der Waals surface area contributed by atoms with Gasteiger partial charge in [-0.25, -0.2) is 0 Å². The van der Waals surface area contributed by atoms with E-state index in [0.29, 0.717) is 11.7 Å². The van der Waals surface area contributed by atoms with E-state index < -0.39 is 5.97 Å². The van der Waals surface area contributed by atoms with Crippen molar-refractivity contribution in [3.8, 4) is 11.5 Å². The Hall–Kier alpha value is -2.15. The summed E-state index contributed by atoms with van der Waals surface area (Å²) in [7, 11) is 4.03.